The molecule has 3 heteroatoms. The van der Waals surface area contributed by atoms with Gasteiger partial charge in [-0.3, -0.25) is 0 Å². The summed E-state index contributed by atoms with van der Waals surface area (Å²) in [5, 5.41) is 1.21. The predicted molar refractivity (Wildman–Crippen MR) is 64.5 cm³/mol. The number of benzene rings is 1. The average Bonchev–Trinajstić information content (AvgIpc) is 2.57. The maximum atomic E-state index is 5.94. The number of halogens is 2. The Labute approximate surface area is 97.1 Å². The van der Waals surface area contributed by atoms with Crippen molar-refractivity contribution in [3.8, 4) is 10.4 Å². The average molecular weight is 243 g/mol. The van der Waals surface area contributed by atoms with Crippen LogP contribution in [0.1, 0.15) is 4.88 Å². The van der Waals surface area contributed by atoms with Crippen LogP contribution in [0.25, 0.3) is 10.4 Å². The van der Waals surface area contributed by atoms with E-state index in [4.69, 9.17) is 23.2 Å². The first-order valence-corrected chi connectivity index (χ1v) is 5.76. The first-order valence-electron chi connectivity index (χ1n) is 4.18. The molecule has 0 fully saturated rings. The highest BCUT2D eigenvalue weighted by Gasteiger charge is 2.03. The fourth-order valence-electron chi connectivity index (χ4n) is 1.24. The van der Waals surface area contributed by atoms with Crippen LogP contribution in [0.4, 0.5) is 0 Å². The lowest BCUT2D eigenvalue weighted by Crippen LogP contribution is -1.73. The standard InChI is InChI=1S/C11H8Cl2S/c1-7-2-5-11(14-7)8-3-4-9(12)10(13)6-8/h2-6H,1H3. The highest BCUT2D eigenvalue weighted by Crippen LogP contribution is 2.32. The van der Waals surface area contributed by atoms with Gasteiger partial charge in [0.15, 0.2) is 0 Å². The van der Waals surface area contributed by atoms with Crippen molar-refractivity contribution in [2.75, 3.05) is 0 Å². The van der Waals surface area contributed by atoms with Gasteiger partial charge >= 0.3 is 0 Å². The van der Waals surface area contributed by atoms with Crippen molar-refractivity contribution in [1.29, 1.82) is 0 Å². The van der Waals surface area contributed by atoms with Crippen LogP contribution in [0.15, 0.2) is 30.3 Å². The van der Waals surface area contributed by atoms with Gasteiger partial charge in [-0.1, -0.05) is 29.3 Å². The van der Waals surface area contributed by atoms with Gasteiger partial charge in [0.1, 0.15) is 0 Å². The third-order valence-electron chi connectivity index (χ3n) is 1.94. The molecule has 1 aromatic carbocycles. The molecule has 0 bridgehead atoms. The highest BCUT2D eigenvalue weighted by atomic mass is 35.5. The summed E-state index contributed by atoms with van der Waals surface area (Å²) in [4.78, 5) is 2.52. The summed E-state index contributed by atoms with van der Waals surface area (Å²) in [6.07, 6.45) is 0. The van der Waals surface area contributed by atoms with E-state index in [0.717, 1.165) is 5.56 Å². The molecule has 0 unspecified atom stereocenters. The third kappa shape index (κ3) is 1.95. The molecule has 0 saturated heterocycles. The summed E-state index contributed by atoms with van der Waals surface area (Å²) in [5.41, 5.74) is 1.12. The van der Waals surface area contributed by atoms with Gasteiger partial charge in [0.2, 0.25) is 0 Å². The lowest BCUT2D eigenvalue weighted by atomic mass is 10.2. The fraction of sp³-hybridized carbons (Fsp3) is 0.0909. The minimum Gasteiger partial charge on any atom is -0.141 e. The van der Waals surface area contributed by atoms with Crippen LogP contribution in [0.3, 0.4) is 0 Å². The molecular weight excluding hydrogens is 235 g/mol. The van der Waals surface area contributed by atoms with E-state index < -0.39 is 0 Å². The lowest BCUT2D eigenvalue weighted by molar-refractivity contribution is 1.64. The molecule has 0 saturated carbocycles. The van der Waals surface area contributed by atoms with E-state index in [9.17, 15) is 0 Å². The van der Waals surface area contributed by atoms with Gasteiger partial charge in [0, 0.05) is 9.75 Å². The molecule has 0 amide bonds. The molecular formula is C11H8Cl2S. The molecule has 0 radical (unpaired) electrons. The predicted octanol–water partition coefficient (Wildman–Crippen LogP) is 5.03. The van der Waals surface area contributed by atoms with Crippen LogP contribution in [0, 0.1) is 6.92 Å². The monoisotopic (exact) mass is 242 g/mol. The van der Waals surface area contributed by atoms with E-state index in [0.29, 0.717) is 10.0 Å². The molecule has 0 N–H and O–H groups in total. The Kier molecular flexibility index (Phi) is 2.82. The van der Waals surface area contributed by atoms with Crippen molar-refractivity contribution in [1.82, 2.24) is 0 Å². The van der Waals surface area contributed by atoms with Gasteiger partial charge in [-0.05, 0) is 36.8 Å². The normalized spacial score (nSPS) is 10.5. The molecule has 0 aliphatic rings. The van der Waals surface area contributed by atoms with Gasteiger partial charge in [-0.25, -0.2) is 0 Å². The molecule has 0 aliphatic carbocycles. The SMILES string of the molecule is Cc1ccc(-c2ccc(Cl)c(Cl)c2)s1. The fourth-order valence-corrected chi connectivity index (χ4v) is 2.40. The van der Waals surface area contributed by atoms with E-state index in [1.165, 1.54) is 9.75 Å². The van der Waals surface area contributed by atoms with E-state index in [-0.39, 0.29) is 0 Å². The number of thiophene rings is 1. The Hall–Kier alpha value is -0.500. The number of rotatable bonds is 1. The Bertz CT molecular complexity index is 460. The minimum absolute atomic E-state index is 0.601. The van der Waals surface area contributed by atoms with Crippen molar-refractivity contribution in [3.05, 3.63) is 45.3 Å². The second-order valence-corrected chi connectivity index (χ2v) is 5.14. The van der Waals surface area contributed by atoms with Crippen molar-refractivity contribution < 1.29 is 0 Å². The van der Waals surface area contributed by atoms with Crippen molar-refractivity contribution in [2.45, 2.75) is 6.92 Å². The Morgan fingerprint density at radius 2 is 1.79 bits per heavy atom. The van der Waals surface area contributed by atoms with Crippen LogP contribution >= 0.6 is 34.5 Å². The van der Waals surface area contributed by atoms with Crippen molar-refractivity contribution in [2.24, 2.45) is 0 Å². The Balaban J connectivity index is 2.47. The summed E-state index contributed by atoms with van der Waals surface area (Å²) in [6.45, 7) is 2.09. The molecule has 0 atom stereocenters. The summed E-state index contributed by atoms with van der Waals surface area (Å²) >= 11 is 13.5. The topological polar surface area (TPSA) is 0 Å². The van der Waals surface area contributed by atoms with E-state index in [1.807, 2.05) is 18.2 Å². The number of hydrogen-bond acceptors (Lipinski definition) is 1. The minimum atomic E-state index is 0.601. The molecule has 2 aromatic rings. The summed E-state index contributed by atoms with van der Waals surface area (Å²) in [5.74, 6) is 0. The Morgan fingerprint density at radius 1 is 1.00 bits per heavy atom. The van der Waals surface area contributed by atoms with Crippen LogP contribution in [0.5, 0.6) is 0 Å². The van der Waals surface area contributed by atoms with Gasteiger partial charge in [-0.15, -0.1) is 11.3 Å². The van der Waals surface area contributed by atoms with Gasteiger partial charge < -0.3 is 0 Å². The van der Waals surface area contributed by atoms with Crippen molar-refractivity contribution in [3.63, 3.8) is 0 Å². The maximum Gasteiger partial charge on any atom is 0.0598 e. The summed E-state index contributed by atoms with van der Waals surface area (Å²) < 4.78 is 0. The van der Waals surface area contributed by atoms with Gasteiger partial charge in [-0.2, -0.15) is 0 Å². The van der Waals surface area contributed by atoms with Gasteiger partial charge in [0.25, 0.3) is 0 Å². The second kappa shape index (κ2) is 3.93. The van der Waals surface area contributed by atoms with Crippen LogP contribution in [-0.2, 0) is 0 Å². The second-order valence-electron chi connectivity index (χ2n) is 3.04. The summed E-state index contributed by atoms with van der Waals surface area (Å²) in [7, 11) is 0. The first-order chi connectivity index (χ1) is 6.66. The van der Waals surface area contributed by atoms with E-state index >= 15 is 0 Å². The number of aryl methyl sites for hydroxylation is 1. The van der Waals surface area contributed by atoms with Gasteiger partial charge in [0.05, 0.1) is 10.0 Å². The zero-order valence-corrected chi connectivity index (χ0v) is 9.88. The third-order valence-corrected chi connectivity index (χ3v) is 3.73. The molecule has 1 heterocycles. The first kappa shape index (κ1) is 10.0. The van der Waals surface area contributed by atoms with E-state index in [1.54, 1.807) is 11.3 Å². The molecule has 0 spiro atoms. The Morgan fingerprint density at radius 3 is 2.36 bits per heavy atom. The molecule has 1 aromatic heterocycles. The van der Waals surface area contributed by atoms with Crippen LogP contribution < -0.4 is 0 Å². The van der Waals surface area contributed by atoms with E-state index in [2.05, 4.69) is 19.1 Å². The smallest absolute Gasteiger partial charge is 0.0598 e. The molecule has 14 heavy (non-hydrogen) atoms. The lowest BCUT2D eigenvalue weighted by Gasteiger charge is -1.99. The largest absolute Gasteiger partial charge is 0.141 e. The molecule has 0 aliphatic heterocycles. The quantitative estimate of drug-likeness (QED) is 0.658. The summed E-state index contributed by atoms with van der Waals surface area (Å²) in [6, 6.07) is 9.91. The maximum absolute atomic E-state index is 5.94. The molecule has 0 nitrogen and oxygen atoms in total. The van der Waals surface area contributed by atoms with Crippen molar-refractivity contribution >= 4 is 34.5 Å². The zero-order chi connectivity index (χ0) is 10.1. The highest BCUT2D eigenvalue weighted by molar-refractivity contribution is 7.15. The molecule has 72 valence electrons. The van der Waals surface area contributed by atoms with Crippen LogP contribution in [0.2, 0.25) is 10.0 Å². The number of hydrogen-bond donors (Lipinski definition) is 0. The molecule has 2 rings (SSSR count). The van der Waals surface area contributed by atoms with Crippen LogP contribution in [-0.4, -0.2) is 0 Å². The zero-order valence-electron chi connectivity index (χ0n) is 7.55.